The zero-order chi connectivity index (χ0) is 53.7. The van der Waals surface area contributed by atoms with E-state index in [2.05, 4.69) is 41.5 Å². The molecule has 0 amide bonds. The third-order valence-corrected chi connectivity index (χ3v) is 12.9. The van der Waals surface area contributed by atoms with Crippen LogP contribution in [0.2, 0.25) is 0 Å². The van der Waals surface area contributed by atoms with Crippen LogP contribution in [0.4, 0.5) is 0 Å². The molecule has 0 atom stereocenters. The van der Waals surface area contributed by atoms with Gasteiger partial charge in [-0.15, -0.1) is 0 Å². The molecule has 0 spiro atoms. The summed E-state index contributed by atoms with van der Waals surface area (Å²) < 4.78 is 39.6. The number of ether oxygens (including phenoxy) is 7. The van der Waals surface area contributed by atoms with Crippen molar-refractivity contribution in [3.05, 3.63) is 0 Å². The summed E-state index contributed by atoms with van der Waals surface area (Å²) in [6, 6.07) is 0. The van der Waals surface area contributed by atoms with Crippen LogP contribution in [0, 0.1) is 17.3 Å². The van der Waals surface area contributed by atoms with Crippen LogP contribution in [0.15, 0.2) is 0 Å². The standard InChI is InChI=1S/C57H103NO14/c1-9-15-21-29-47(30-22-16-10-2)41-66-53(62)39-55(64)70-45-57(43-68-50(59)35-27-28-38-58(7)8,44-69-51(60)36-37-52(61)72-49(33-25-19-13-5)34-26-20-14-6)46-71-56(65)40-54(63)67-42-48(31-23-17-11-3)32-24-18-12-4/h47-49H,9-46H2,1-8H3. The smallest absolute Gasteiger partial charge is 0.317 e. The zero-order valence-electron chi connectivity index (χ0n) is 46.8. The molecule has 0 saturated carbocycles. The maximum atomic E-state index is 13.3. The molecule has 0 bridgehead atoms. The number of esters is 7. The molecule has 0 saturated heterocycles. The van der Waals surface area contributed by atoms with Crippen molar-refractivity contribution in [1.29, 1.82) is 0 Å². The highest BCUT2D eigenvalue weighted by molar-refractivity contribution is 5.91. The summed E-state index contributed by atoms with van der Waals surface area (Å²) in [5, 5.41) is 0. The molecule has 0 rings (SSSR count). The number of rotatable bonds is 49. The van der Waals surface area contributed by atoms with Crippen LogP contribution in [-0.2, 0) is 66.7 Å². The normalized spacial score (nSPS) is 11.6. The van der Waals surface area contributed by atoms with Gasteiger partial charge in [0.2, 0.25) is 0 Å². The van der Waals surface area contributed by atoms with Crippen molar-refractivity contribution in [2.24, 2.45) is 17.3 Å². The molecule has 0 aromatic heterocycles. The van der Waals surface area contributed by atoms with E-state index in [9.17, 15) is 33.6 Å². The predicted octanol–water partition coefficient (Wildman–Crippen LogP) is 12.2. The van der Waals surface area contributed by atoms with Crippen molar-refractivity contribution in [3.8, 4) is 0 Å². The van der Waals surface area contributed by atoms with E-state index in [4.69, 9.17) is 33.2 Å². The lowest BCUT2D eigenvalue weighted by Crippen LogP contribution is -2.44. The number of unbranched alkanes of at least 4 members (excludes halogenated alkanes) is 13. The van der Waals surface area contributed by atoms with Gasteiger partial charge in [-0.05, 0) is 96.7 Å². The molecule has 0 aliphatic rings. The van der Waals surface area contributed by atoms with E-state index in [1.807, 2.05) is 19.0 Å². The average Bonchev–Trinajstić information content (AvgIpc) is 3.35. The first kappa shape index (κ1) is 68.2. The lowest BCUT2D eigenvalue weighted by atomic mass is 9.92. The van der Waals surface area contributed by atoms with Crippen LogP contribution in [0.3, 0.4) is 0 Å². The Labute approximate surface area is 436 Å². The van der Waals surface area contributed by atoms with Gasteiger partial charge in [-0.2, -0.15) is 0 Å². The highest BCUT2D eigenvalue weighted by atomic mass is 16.6. The Bertz CT molecular complexity index is 1350. The van der Waals surface area contributed by atoms with Gasteiger partial charge in [-0.3, -0.25) is 33.6 Å². The lowest BCUT2D eigenvalue weighted by Gasteiger charge is -2.31. The van der Waals surface area contributed by atoms with Gasteiger partial charge in [-0.1, -0.05) is 144 Å². The summed E-state index contributed by atoms with van der Waals surface area (Å²) in [5.74, 6) is -4.96. The molecule has 15 heteroatoms. The number of nitrogens with zero attached hydrogens (tertiary/aromatic N) is 1. The van der Waals surface area contributed by atoms with Crippen molar-refractivity contribution in [1.82, 2.24) is 4.90 Å². The van der Waals surface area contributed by atoms with Gasteiger partial charge >= 0.3 is 41.8 Å². The highest BCUT2D eigenvalue weighted by Gasteiger charge is 2.38. The number of carbonyl (C=O) groups excluding carboxylic acids is 7. The largest absolute Gasteiger partial charge is 0.465 e. The lowest BCUT2D eigenvalue weighted by molar-refractivity contribution is -0.173. The fourth-order valence-corrected chi connectivity index (χ4v) is 8.20. The van der Waals surface area contributed by atoms with Gasteiger partial charge in [0.1, 0.15) is 50.8 Å². The van der Waals surface area contributed by atoms with E-state index in [1.54, 1.807) is 0 Å². The minimum absolute atomic E-state index is 0.0662. The topological polar surface area (TPSA) is 187 Å². The molecule has 72 heavy (non-hydrogen) atoms. The van der Waals surface area contributed by atoms with E-state index < -0.39 is 86.5 Å². The second-order valence-corrected chi connectivity index (χ2v) is 20.4. The molecule has 0 unspecified atom stereocenters. The quantitative estimate of drug-likeness (QED) is 0.0242. The summed E-state index contributed by atoms with van der Waals surface area (Å²) in [7, 11) is 3.86. The molecule has 0 aliphatic carbocycles. The Balaban J connectivity index is 6.36. The summed E-state index contributed by atoms with van der Waals surface area (Å²) in [4.78, 5) is 94.1. The van der Waals surface area contributed by atoms with Crippen LogP contribution in [0.1, 0.15) is 241 Å². The van der Waals surface area contributed by atoms with Crippen molar-refractivity contribution < 1.29 is 66.7 Å². The third kappa shape index (κ3) is 39.7. The molecule has 0 N–H and O–H groups in total. The van der Waals surface area contributed by atoms with Gasteiger partial charge in [-0.25, -0.2) is 0 Å². The minimum atomic E-state index is -1.68. The van der Waals surface area contributed by atoms with Gasteiger partial charge in [0.15, 0.2) is 0 Å². The molecule has 0 aromatic rings. The van der Waals surface area contributed by atoms with Gasteiger partial charge < -0.3 is 38.1 Å². The van der Waals surface area contributed by atoms with Crippen LogP contribution in [0.5, 0.6) is 0 Å². The second kappa shape index (κ2) is 45.8. The second-order valence-electron chi connectivity index (χ2n) is 20.4. The first-order valence-corrected chi connectivity index (χ1v) is 28.4. The van der Waals surface area contributed by atoms with E-state index >= 15 is 0 Å². The summed E-state index contributed by atoms with van der Waals surface area (Å²) in [6.45, 7) is 11.6. The SMILES string of the molecule is CCCCCC(CCCCC)COC(=O)CC(=O)OCC(COC(=O)CCCCN(C)C)(COC(=O)CCC(=O)OC(CCCCC)CCCCC)COC(=O)CC(=O)OCC(CCCCC)CCCCC. The maximum absolute atomic E-state index is 13.3. The van der Waals surface area contributed by atoms with Crippen LogP contribution < -0.4 is 0 Å². The summed E-state index contributed by atoms with van der Waals surface area (Å²) >= 11 is 0. The van der Waals surface area contributed by atoms with E-state index in [-0.39, 0.29) is 50.4 Å². The van der Waals surface area contributed by atoms with Crippen molar-refractivity contribution in [3.63, 3.8) is 0 Å². The Morgan fingerprint density at radius 2 is 0.681 bits per heavy atom. The molecule has 0 aliphatic heterocycles. The van der Waals surface area contributed by atoms with Gasteiger partial charge in [0.05, 0.1) is 26.1 Å². The van der Waals surface area contributed by atoms with E-state index in [0.29, 0.717) is 6.42 Å². The van der Waals surface area contributed by atoms with Crippen molar-refractivity contribution in [2.75, 3.05) is 60.3 Å². The highest BCUT2D eigenvalue weighted by Crippen LogP contribution is 2.25. The first-order chi connectivity index (χ1) is 34.7. The Morgan fingerprint density at radius 3 is 1.04 bits per heavy atom. The Morgan fingerprint density at radius 1 is 0.361 bits per heavy atom. The van der Waals surface area contributed by atoms with Crippen LogP contribution >= 0.6 is 0 Å². The zero-order valence-corrected chi connectivity index (χ0v) is 46.8. The molecule has 0 radical (unpaired) electrons. The Hall–Kier alpha value is -3.75. The average molecular weight is 1030 g/mol. The fraction of sp³-hybridized carbons (Fsp3) is 0.877. The molecule has 420 valence electrons. The third-order valence-electron chi connectivity index (χ3n) is 12.9. The van der Waals surface area contributed by atoms with Crippen LogP contribution in [-0.4, -0.2) is 113 Å². The number of hydrogen-bond donors (Lipinski definition) is 0. The molecule has 0 aromatic carbocycles. The minimum Gasteiger partial charge on any atom is -0.465 e. The summed E-state index contributed by atoms with van der Waals surface area (Å²) in [5.41, 5.74) is -1.68. The van der Waals surface area contributed by atoms with Crippen molar-refractivity contribution >= 4 is 41.8 Å². The number of hydrogen-bond acceptors (Lipinski definition) is 15. The van der Waals surface area contributed by atoms with Crippen LogP contribution in [0.25, 0.3) is 0 Å². The van der Waals surface area contributed by atoms with Gasteiger partial charge in [0, 0.05) is 6.42 Å². The first-order valence-electron chi connectivity index (χ1n) is 28.4. The maximum Gasteiger partial charge on any atom is 0.317 e. The predicted molar refractivity (Wildman–Crippen MR) is 281 cm³/mol. The van der Waals surface area contributed by atoms with E-state index in [0.717, 1.165) is 167 Å². The van der Waals surface area contributed by atoms with Gasteiger partial charge in [0.25, 0.3) is 0 Å². The fourth-order valence-electron chi connectivity index (χ4n) is 8.20. The Kier molecular flexibility index (Phi) is 43.4. The van der Waals surface area contributed by atoms with E-state index in [1.165, 1.54) is 0 Å². The molecular weight excluding hydrogens is 923 g/mol. The monoisotopic (exact) mass is 1030 g/mol. The van der Waals surface area contributed by atoms with Crippen molar-refractivity contribution in [2.45, 2.75) is 247 Å². The summed E-state index contributed by atoms with van der Waals surface area (Å²) in [6.07, 6.45) is 22.9. The molecule has 0 fully saturated rings. The molecular formula is C57H103NO14. The number of carbonyl (C=O) groups is 7. The molecule has 0 heterocycles. The molecule has 15 nitrogen and oxygen atoms in total.